The van der Waals surface area contributed by atoms with E-state index in [-0.39, 0.29) is 5.88 Å². The molecule has 1 aliphatic heterocycles. The minimum atomic E-state index is -0.118. The number of anilines is 1. The van der Waals surface area contributed by atoms with E-state index < -0.39 is 0 Å². The third kappa shape index (κ3) is 2.38. The summed E-state index contributed by atoms with van der Waals surface area (Å²) in [6, 6.07) is 12.7. The number of fused-ring (bicyclic) bond motifs is 1. The van der Waals surface area contributed by atoms with E-state index in [9.17, 15) is 5.11 Å². The number of nitrogens with one attached hydrogen (secondary N) is 1. The Morgan fingerprint density at radius 3 is 2.60 bits per heavy atom. The molecule has 0 atom stereocenters. The molecule has 1 aliphatic rings. The van der Waals surface area contributed by atoms with E-state index in [1.165, 1.54) is 6.20 Å². The molecule has 0 spiro atoms. The highest BCUT2D eigenvalue weighted by Crippen LogP contribution is 2.29. The molecule has 0 bridgehead atoms. The Morgan fingerprint density at radius 2 is 1.80 bits per heavy atom. The molecular weight excluding hydrogens is 295 g/mol. The molecule has 0 saturated heterocycles. The third-order valence-corrected chi connectivity index (χ3v) is 3.51. The molecule has 20 heavy (non-hydrogen) atoms. The molecule has 0 aromatic heterocycles. The molecule has 0 amide bonds. The van der Waals surface area contributed by atoms with Crippen molar-refractivity contribution in [2.45, 2.75) is 0 Å². The van der Waals surface area contributed by atoms with Crippen molar-refractivity contribution < 1.29 is 5.11 Å². The van der Waals surface area contributed by atoms with Crippen LogP contribution in [-0.4, -0.2) is 10.8 Å². The second-order valence-corrected chi connectivity index (χ2v) is 5.12. The lowest BCUT2D eigenvalue weighted by Gasteiger charge is -2.11. The van der Waals surface area contributed by atoms with Gasteiger partial charge in [-0.15, -0.1) is 0 Å². The van der Waals surface area contributed by atoms with Crippen LogP contribution in [0.5, 0.6) is 0 Å². The van der Waals surface area contributed by atoms with Crippen LogP contribution in [0.1, 0.15) is 11.1 Å². The van der Waals surface area contributed by atoms with Crippen molar-refractivity contribution in [3.8, 4) is 0 Å². The number of benzene rings is 2. The van der Waals surface area contributed by atoms with Crippen molar-refractivity contribution in [1.29, 1.82) is 0 Å². The molecule has 100 valence electrons. The van der Waals surface area contributed by atoms with Gasteiger partial charge >= 0.3 is 0 Å². The molecule has 0 aliphatic carbocycles. The fourth-order valence-electron chi connectivity index (χ4n) is 2.05. The van der Waals surface area contributed by atoms with Crippen LogP contribution >= 0.6 is 23.2 Å². The van der Waals surface area contributed by atoms with Gasteiger partial charge in [-0.25, -0.2) is 4.99 Å². The first-order chi connectivity index (χ1) is 9.65. The quantitative estimate of drug-likeness (QED) is 0.808. The van der Waals surface area contributed by atoms with E-state index in [1.807, 2.05) is 24.3 Å². The van der Waals surface area contributed by atoms with Gasteiger partial charge in [0.25, 0.3) is 0 Å². The summed E-state index contributed by atoms with van der Waals surface area (Å²) in [6.45, 7) is 0. The summed E-state index contributed by atoms with van der Waals surface area (Å²) in [6.07, 6.45) is 1.43. The molecule has 0 saturated carbocycles. The van der Waals surface area contributed by atoms with Crippen LogP contribution in [0.3, 0.4) is 0 Å². The second-order valence-electron chi connectivity index (χ2n) is 4.28. The Hall–Kier alpha value is -1.97. The van der Waals surface area contributed by atoms with Crippen LogP contribution in [0, 0.1) is 0 Å². The largest absolute Gasteiger partial charge is 0.492 e. The maximum absolute atomic E-state index is 9.79. The van der Waals surface area contributed by atoms with Gasteiger partial charge in [0.05, 0.1) is 11.9 Å². The summed E-state index contributed by atoms with van der Waals surface area (Å²) in [7, 11) is 0. The van der Waals surface area contributed by atoms with Gasteiger partial charge in [0.2, 0.25) is 5.88 Å². The smallest absolute Gasteiger partial charge is 0.228 e. The number of halogens is 2. The predicted molar refractivity (Wildman–Crippen MR) is 82.9 cm³/mol. The summed E-state index contributed by atoms with van der Waals surface area (Å²) in [4.78, 5) is 4.22. The normalized spacial score (nSPS) is 13.7. The third-order valence-electron chi connectivity index (χ3n) is 2.95. The van der Waals surface area contributed by atoms with Crippen molar-refractivity contribution in [3.63, 3.8) is 0 Å². The average Bonchev–Trinajstić information content (AvgIpc) is 2.59. The number of nitrogens with zero attached hydrogens (tertiary/aromatic N) is 1. The lowest BCUT2D eigenvalue weighted by atomic mass is 10.0. The molecule has 0 unspecified atom stereocenters. The van der Waals surface area contributed by atoms with Gasteiger partial charge in [0.1, 0.15) is 0 Å². The molecule has 0 fully saturated rings. The maximum Gasteiger partial charge on any atom is 0.228 e. The van der Waals surface area contributed by atoms with E-state index in [4.69, 9.17) is 23.2 Å². The number of hydrogen-bond donors (Lipinski definition) is 2. The zero-order valence-electron chi connectivity index (χ0n) is 10.3. The Morgan fingerprint density at radius 1 is 1.00 bits per heavy atom. The number of rotatable bonds is 1. The van der Waals surface area contributed by atoms with Crippen molar-refractivity contribution in [1.82, 2.24) is 0 Å². The number of aliphatic imine (C=N–C) groups is 1. The van der Waals surface area contributed by atoms with E-state index >= 15 is 0 Å². The number of hydrogen-bond acceptors (Lipinski definition) is 3. The van der Waals surface area contributed by atoms with Crippen LogP contribution in [0.4, 0.5) is 5.69 Å². The lowest BCUT2D eigenvalue weighted by Crippen LogP contribution is -2.06. The summed E-state index contributed by atoms with van der Waals surface area (Å²) in [5.41, 5.74) is 2.90. The maximum atomic E-state index is 9.79. The summed E-state index contributed by atoms with van der Waals surface area (Å²) in [5, 5.41) is 13.9. The van der Waals surface area contributed by atoms with E-state index in [2.05, 4.69) is 10.3 Å². The standard InChI is InChI=1S/C15H10Cl2N2O/c16-9-5-6-13-11(7-9)15(19-14(20)8-18-13)10-3-1-2-4-12(10)17/h1-8,18,20H. The van der Waals surface area contributed by atoms with Crippen LogP contribution in [-0.2, 0) is 0 Å². The number of aliphatic hydroxyl groups excluding tert-OH is 1. The molecule has 2 N–H and O–H groups in total. The van der Waals surface area contributed by atoms with Crippen molar-refractivity contribution >= 4 is 34.6 Å². The van der Waals surface area contributed by atoms with E-state index in [0.717, 1.165) is 16.8 Å². The Bertz CT molecular complexity index is 738. The monoisotopic (exact) mass is 304 g/mol. The lowest BCUT2D eigenvalue weighted by molar-refractivity contribution is 0.406. The molecule has 2 aromatic carbocycles. The fourth-order valence-corrected chi connectivity index (χ4v) is 2.44. The topological polar surface area (TPSA) is 44.6 Å². The molecular formula is C15H10Cl2N2O. The van der Waals surface area contributed by atoms with Crippen molar-refractivity contribution in [3.05, 3.63) is 75.7 Å². The fraction of sp³-hybridized carbons (Fsp3) is 0. The van der Waals surface area contributed by atoms with Gasteiger partial charge in [0, 0.05) is 26.9 Å². The Kier molecular flexibility index (Phi) is 3.38. The van der Waals surface area contributed by atoms with Gasteiger partial charge in [0.15, 0.2) is 0 Å². The number of aliphatic hydroxyl groups is 1. The van der Waals surface area contributed by atoms with E-state index in [1.54, 1.807) is 18.2 Å². The minimum absolute atomic E-state index is 0.118. The molecule has 3 rings (SSSR count). The van der Waals surface area contributed by atoms with Crippen molar-refractivity contribution in [2.24, 2.45) is 4.99 Å². The van der Waals surface area contributed by atoms with Crippen LogP contribution in [0.15, 0.2) is 59.5 Å². The molecule has 1 heterocycles. The minimum Gasteiger partial charge on any atom is -0.492 e. The zero-order valence-corrected chi connectivity index (χ0v) is 11.8. The van der Waals surface area contributed by atoms with Crippen LogP contribution < -0.4 is 5.32 Å². The van der Waals surface area contributed by atoms with Gasteiger partial charge in [-0.1, -0.05) is 41.4 Å². The van der Waals surface area contributed by atoms with Gasteiger partial charge in [-0.2, -0.15) is 0 Å². The average molecular weight is 305 g/mol. The first-order valence-electron chi connectivity index (χ1n) is 5.94. The Labute approximate surface area is 126 Å². The van der Waals surface area contributed by atoms with E-state index in [0.29, 0.717) is 15.8 Å². The van der Waals surface area contributed by atoms with Crippen LogP contribution in [0.2, 0.25) is 10.0 Å². The first kappa shape index (κ1) is 13.0. The summed E-state index contributed by atoms with van der Waals surface area (Å²) >= 11 is 12.3. The second kappa shape index (κ2) is 5.19. The zero-order chi connectivity index (χ0) is 14.1. The van der Waals surface area contributed by atoms with Gasteiger partial charge in [-0.3, -0.25) is 0 Å². The van der Waals surface area contributed by atoms with Crippen LogP contribution in [0.25, 0.3) is 0 Å². The summed E-state index contributed by atoms with van der Waals surface area (Å²) < 4.78 is 0. The van der Waals surface area contributed by atoms with Crippen molar-refractivity contribution in [2.75, 3.05) is 5.32 Å². The van der Waals surface area contributed by atoms with Gasteiger partial charge < -0.3 is 10.4 Å². The highest BCUT2D eigenvalue weighted by Gasteiger charge is 2.17. The highest BCUT2D eigenvalue weighted by molar-refractivity contribution is 6.36. The molecule has 0 radical (unpaired) electrons. The Balaban J connectivity index is 2.26. The SMILES string of the molecule is OC1=CNc2ccc(Cl)cc2C(c2ccccc2Cl)=N1. The molecule has 5 heteroatoms. The summed E-state index contributed by atoms with van der Waals surface area (Å²) in [5.74, 6) is -0.118. The molecule has 2 aromatic rings. The molecule has 3 nitrogen and oxygen atoms in total. The predicted octanol–water partition coefficient (Wildman–Crippen LogP) is 4.61. The first-order valence-corrected chi connectivity index (χ1v) is 6.70. The van der Waals surface area contributed by atoms with Gasteiger partial charge in [-0.05, 0) is 24.3 Å². The highest BCUT2D eigenvalue weighted by atomic mass is 35.5.